The van der Waals surface area contributed by atoms with Crippen LogP contribution < -0.4 is 4.74 Å². The van der Waals surface area contributed by atoms with Crippen LogP contribution in [0.1, 0.15) is 36.6 Å². The monoisotopic (exact) mass is 366 g/mol. The molecule has 1 aromatic heterocycles. The molecule has 0 amide bonds. The summed E-state index contributed by atoms with van der Waals surface area (Å²) in [6.45, 7) is 2.16. The molecule has 1 saturated heterocycles. The molecular weight excluding hydrogens is 340 g/mol. The third kappa shape index (κ3) is 2.59. The van der Waals surface area contributed by atoms with E-state index in [4.69, 9.17) is 9.47 Å². The number of hydrogen-bond acceptors (Lipinski definition) is 4. The number of esters is 1. The topological polar surface area (TPSA) is 54.6 Å². The van der Waals surface area contributed by atoms with Crippen LogP contribution in [0.2, 0.25) is 0 Å². The van der Waals surface area contributed by atoms with Crippen molar-refractivity contribution in [2.45, 2.75) is 31.7 Å². The van der Waals surface area contributed by atoms with Gasteiger partial charge in [-0.3, -0.25) is 4.90 Å². The highest BCUT2D eigenvalue weighted by atomic mass is 16.5. The number of allylic oxidation sites excluding steroid dienone is 1. The normalized spacial score (nSPS) is 27.3. The molecule has 1 aromatic carbocycles. The molecule has 5 nitrogen and oxygen atoms in total. The Labute approximate surface area is 159 Å². The number of rotatable bonds is 2. The fourth-order valence-corrected chi connectivity index (χ4v) is 5.50. The zero-order valence-electron chi connectivity index (χ0n) is 16.0. The third-order valence-corrected chi connectivity index (χ3v) is 6.81. The van der Waals surface area contributed by atoms with Crippen LogP contribution in [0.3, 0.4) is 0 Å². The van der Waals surface area contributed by atoms with Gasteiger partial charge in [-0.2, -0.15) is 0 Å². The van der Waals surface area contributed by atoms with Crippen LogP contribution in [0.15, 0.2) is 29.8 Å². The smallest absolute Gasteiger partial charge is 0.333 e. The highest BCUT2D eigenvalue weighted by molar-refractivity contribution is 5.89. The first kappa shape index (κ1) is 16.9. The van der Waals surface area contributed by atoms with Crippen LogP contribution in [0, 0.1) is 11.8 Å². The van der Waals surface area contributed by atoms with E-state index < -0.39 is 0 Å². The fraction of sp³-hybridized carbons (Fsp3) is 0.500. The summed E-state index contributed by atoms with van der Waals surface area (Å²) in [6.07, 6.45) is 6.33. The van der Waals surface area contributed by atoms with Crippen molar-refractivity contribution in [2.24, 2.45) is 11.8 Å². The van der Waals surface area contributed by atoms with Crippen molar-refractivity contribution >= 4 is 16.9 Å². The number of fused-ring (bicyclic) bond motifs is 6. The summed E-state index contributed by atoms with van der Waals surface area (Å²) < 4.78 is 10.5. The van der Waals surface area contributed by atoms with Crippen LogP contribution in [0.5, 0.6) is 5.75 Å². The van der Waals surface area contributed by atoms with Gasteiger partial charge in [0.25, 0.3) is 0 Å². The molecule has 2 aromatic rings. The molecule has 142 valence electrons. The number of nitrogens with zero attached hydrogens (tertiary/aromatic N) is 1. The average Bonchev–Trinajstić information content (AvgIpc) is 3.09. The minimum atomic E-state index is -0.143. The van der Waals surface area contributed by atoms with Crippen molar-refractivity contribution < 1.29 is 14.3 Å². The summed E-state index contributed by atoms with van der Waals surface area (Å²) in [5.41, 5.74) is 4.83. The van der Waals surface area contributed by atoms with Crippen LogP contribution >= 0.6 is 0 Å². The predicted octanol–water partition coefficient (Wildman–Crippen LogP) is 3.61. The van der Waals surface area contributed by atoms with Gasteiger partial charge in [0, 0.05) is 35.3 Å². The van der Waals surface area contributed by atoms with E-state index in [0.29, 0.717) is 17.9 Å². The summed E-state index contributed by atoms with van der Waals surface area (Å²) in [4.78, 5) is 18.6. The van der Waals surface area contributed by atoms with E-state index in [-0.39, 0.29) is 5.97 Å². The maximum Gasteiger partial charge on any atom is 0.333 e. The van der Waals surface area contributed by atoms with Crippen molar-refractivity contribution in [2.75, 3.05) is 27.3 Å². The van der Waals surface area contributed by atoms with Gasteiger partial charge in [0.05, 0.1) is 20.3 Å². The standard InChI is InChI=1S/C22H26N2O3/c1-26-14-6-7-19-18(10-14)15-8-9-24-12-13-4-3-5-16(22(25)27-2)17(13)11-20(24)21(15)23-19/h5-7,10,13,17,20,23H,3-4,8-9,11-12H2,1-2H3/t13-,17+,20+/m1/s1. The molecule has 2 aliphatic heterocycles. The lowest BCUT2D eigenvalue weighted by atomic mass is 9.70. The molecule has 1 N–H and O–H groups in total. The second-order valence-corrected chi connectivity index (χ2v) is 8.02. The average molecular weight is 366 g/mol. The van der Waals surface area contributed by atoms with Crippen molar-refractivity contribution in [1.82, 2.24) is 9.88 Å². The van der Waals surface area contributed by atoms with Crippen LogP contribution in [-0.4, -0.2) is 43.2 Å². The number of hydrogen-bond donors (Lipinski definition) is 1. The van der Waals surface area contributed by atoms with E-state index in [1.54, 1.807) is 7.11 Å². The number of piperidine rings is 1. The second-order valence-electron chi connectivity index (χ2n) is 8.02. The van der Waals surface area contributed by atoms with E-state index in [1.165, 1.54) is 35.7 Å². The first-order valence-corrected chi connectivity index (χ1v) is 9.90. The Balaban J connectivity index is 1.53. The van der Waals surface area contributed by atoms with Crippen molar-refractivity contribution in [3.05, 3.63) is 41.1 Å². The largest absolute Gasteiger partial charge is 0.497 e. The van der Waals surface area contributed by atoms with Crippen molar-refractivity contribution in [3.63, 3.8) is 0 Å². The van der Waals surface area contributed by atoms with Gasteiger partial charge in [-0.25, -0.2) is 4.79 Å². The first-order chi connectivity index (χ1) is 13.2. The molecule has 5 rings (SSSR count). The van der Waals surface area contributed by atoms with Gasteiger partial charge < -0.3 is 14.5 Å². The molecular formula is C22H26N2O3. The number of nitrogens with one attached hydrogen (secondary N) is 1. The molecule has 0 unspecified atom stereocenters. The molecule has 3 atom stereocenters. The fourth-order valence-electron chi connectivity index (χ4n) is 5.50. The van der Waals surface area contributed by atoms with Gasteiger partial charge in [-0.15, -0.1) is 0 Å². The molecule has 27 heavy (non-hydrogen) atoms. The Kier molecular flexibility index (Phi) is 4.01. The summed E-state index contributed by atoms with van der Waals surface area (Å²) in [5.74, 6) is 1.62. The number of aromatic nitrogens is 1. The van der Waals surface area contributed by atoms with Gasteiger partial charge >= 0.3 is 5.97 Å². The van der Waals surface area contributed by atoms with Crippen LogP contribution in [0.4, 0.5) is 0 Å². The van der Waals surface area contributed by atoms with Gasteiger partial charge in [-0.1, -0.05) is 6.08 Å². The number of methoxy groups -OCH3 is 2. The van der Waals surface area contributed by atoms with Gasteiger partial charge in [-0.05, 0) is 61.3 Å². The number of H-pyrrole nitrogens is 1. The highest BCUT2D eigenvalue weighted by Gasteiger charge is 2.43. The number of benzene rings is 1. The predicted molar refractivity (Wildman–Crippen MR) is 104 cm³/mol. The lowest BCUT2D eigenvalue weighted by Gasteiger charge is -2.47. The van der Waals surface area contributed by atoms with Gasteiger partial charge in [0.15, 0.2) is 0 Å². The second kappa shape index (κ2) is 6.41. The molecule has 0 saturated carbocycles. The summed E-state index contributed by atoms with van der Waals surface area (Å²) in [6, 6.07) is 6.62. The zero-order chi connectivity index (χ0) is 18.5. The highest BCUT2D eigenvalue weighted by Crippen LogP contribution is 2.47. The number of ether oxygens (including phenoxy) is 2. The molecule has 5 heteroatoms. The summed E-state index contributed by atoms with van der Waals surface area (Å²) in [7, 11) is 3.21. The van der Waals surface area contributed by atoms with E-state index in [0.717, 1.165) is 43.7 Å². The Bertz CT molecular complexity index is 929. The Hall–Kier alpha value is -2.27. The van der Waals surface area contributed by atoms with E-state index >= 15 is 0 Å². The van der Waals surface area contributed by atoms with Crippen LogP contribution in [-0.2, 0) is 16.0 Å². The minimum Gasteiger partial charge on any atom is -0.497 e. The van der Waals surface area contributed by atoms with E-state index in [2.05, 4.69) is 28.1 Å². The molecule has 3 heterocycles. The number of carbonyl (C=O) groups is 1. The zero-order valence-corrected chi connectivity index (χ0v) is 16.0. The Morgan fingerprint density at radius 2 is 2.19 bits per heavy atom. The SMILES string of the molecule is COC(=O)C1=CCC[C@@H]2CN3CCc4c([nH]c5ccc(OC)cc45)[C@@H]3C[C@H]12. The maximum absolute atomic E-state index is 12.3. The molecule has 1 fully saturated rings. The Morgan fingerprint density at radius 3 is 3.00 bits per heavy atom. The summed E-state index contributed by atoms with van der Waals surface area (Å²) >= 11 is 0. The van der Waals surface area contributed by atoms with Crippen LogP contribution in [0.25, 0.3) is 10.9 Å². The van der Waals surface area contributed by atoms with Crippen molar-refractivity contribution in [1.29, 1.82) is 0 Å². The molecule has 0 bridgehead atoms. The lowest BCUT2D eigenvalue weighted by Crippen LogP contribution is -2.47. The Morgan fingerprint density at radius 1 is 1.30 bits per heavy atom. The minimum absolute atomic E-state index is 0.143. The number of aromatic amines is 1. The van der Waals surface area contributed by atoms with Gasteiger partial charge in [0.2, 0.25) is 0 Å². The molecule has 0 spiro atoms. The molecule has 0 radical (unpaired) electrons. The first-order valence-electron chi connectivity index (χ1n) is 9.90. The molecule has 1 aliphatic carbocycles. The quantitative estimate of drug-likeness (QED) is 0.825. The molecule has 3 aliphatic rings. The maximum atomic E-state index is 12.3. The van der Waals surface area contributed by atoms with Gasteiger partial charge in [0.1, 0.15) is 5.75 Å². The van der Waals surface area contributed by atoms with E-state index in [9.17, 15) is 4.79 Å². The third-order valence-electron chi connectivity index (χ3n) is 6.81. The summed E-state index contributed by atoms with van der Waals surface area (Å²) in [5, 5.41) is 1.28. The van der Waals surface area contributed by atoms with Crippen molar-refractivity contribution in [3.8, 4) is 5.75 Å². The number of carbonyl (C=O) groups excluding carboxylic acids is 1. The van der Waals surface area contributed by atoms with E-state index in [1.807, 2.05) is 6.07 Å². The lowest BCUT2D eigenvalue weighted by molar-refractivity contribution is -0.137.